The molecule has 1 saturated carbocycles. The molecule has 4 rings (SSSR count). The monoisotopic (exact) mass is 352 g/mol. The van der Waals surface area contributed by atoms with E-state index in [0.29, 0.717) is 9.90 Å². The third-order valence-electron chi connectivity index (χ3n) is 3.77. The van der Waals surface area contributed by atoms with E-state index in [-0.39, 0.29) is 17.0 Å². The van der Waals surface area contributed by atoms with Crippen LogP contribution in [-0.2, 0) is 15.6 Å². The number of imidazole rings is 1. The van der Waals surface area contributed by atoms with Crippen LogP contribution in [0.25, 0.3) is 10.1 Å². The predicted octanol–water partition coefficient (Wildman–Crippen LogP) is 4.06. The fourth-order valence-electron chi connectivity index (χ4n) is 2.57. The summed E-state index contributed by atoms with van der Waals surface area (Å²) < 4.78 is 28.2. The molecule has 22 heavy (non-hydrogen) atoms. The van der Waals surface area contributed by atoms with Crippen molar-refractivity contribution in [2.45, 2.75) is 29.8 Å². The lowest BCUT2D eigenvalue weighted by Crippen LogP contribution is -2.11. The molecule has 0 N–H and O–H groups in total. The van der Waals surface area contributed by atoms with Crippen molar-refractivity contribution in [1.29, 1.82) is 0 Å². The molecule has 0 unspecified atom stereocenters. The quantitative estimate of drug-likeness (QED) is 0.711. The van der Waals surface area contributed by atoms with Crippen LogP contribution in [0, 0.1) is 0 Å². The first-order valence-electron chi connectivity index (χ1n) is 6.98. The molecule has 0 radical (unpaired) electrons. The van der Waals surface area contributed by atoms with E-state index >= 15 is 0 Å². The minimum absolute atomic E-state index is 0.102. The van der Waals surface area contributed by atoms with Crippen molar-refractivity contribution in [1.82, 2.24) is 9.55 Å². The van der Waals surface area contributed by atoms with Gasteiger partial charge in [0, 0.05) is 33.4 Å². The van der Waals surface area contributed by atoms with Crippen LogP contribution in [0.2, 0.25) is 5.02 Å². The van der Waals surface area contributed by atoms with E-state index in [1.54, 1.807) is 17.0 Å². The largest absolute Gasteiger partial charge is 0.319 e. The zero-order valence-corrected chi connectivity index (χ0v) is 14.0. The Morgan fingerprint density at radius 3 is 2.82 bits per heavy atom. The predicted molar refractivity (Wildman–Crippen MR) is 88.2 cm³/mol. The first-order chi connectivity index (χ1) is 10.6. The summed E-state index contributed by atoms with van der Waals surface area (Å²) in [4.78, 5) is 4.74. The second kappa shape index (κ2) is 5.08. The van der Waals surface area contributed by atoms with E-state index in [1.807, 2.05) is 24.3 Å². The smallest absolute Gasteiger partial charge is 0.228 e. The van der Waals surface area contributed by atoms with Crippen molar-refractivity contribution in [3.63, 3.8) is 0 Å². The number of sulfone groups is 1. The zero-order chi connectivity index (χ0) is 15.3. The molecule has 4 nitrogen and oxygen atoms in total. The van der Waals surface area contributed by atoms with Gasteiger partial charge >= 0.3 is 0 Å². The number of rotatable bonds is 4. The van der Waals surface area contributed by atoms with E-state index in [2.05, 4.69) is 4.98 Å². The summed E-state index contributed by atoms with van der Waals surface area (Å²) in [6, 6.07) is 7.97. The van der Waals surface area contributed by atoms with Gasteiger partial charge in [0.1, 0.15) is 0 Å². The Bertz CT molecular complexity index is 955. The molecule has 3 aromatic rings. The summed E-state index contributed by atoms with van der Waals surface area (Å²) in [5.41, 5.74) is 0. The Hall–Kier alpha value is -1.37. The first-order valence-corrected chi connectivity index (χ1v) is 9.82. The van der Waals surface area contributed by atoms with Gasteiger partial charge in [0.25, 0.3) is 0 Å². The highest BCUT2D eigenvalue weighted by Crippen LogP contribution is 2.39. The van der Waals surface area contributed by atoms with Gasteiger partial charge in [-0.1, -0.05) is 29.8 Å². The molecule has 0 aliphatic heterocycles. The molecule has 1 aliphatic carbocycles. The number of benzene rings is 1. The Morgan fingerprint density at radius 1 is 1.32 bits per heavy atom. The minimum Gasteiger partial charge on any atom is -0.319 e. The van der Waals surface area contributed by atoms with Crippen LogP contribution in [0.5, 0.6) is 0 Å². The molecule has 1 fully saturated rings. The molecule has 0 saturated heterocycles. The number of hydrogen-bond donors (Lipinski definition) is 0. The molecule has 0 atom stereocenters. The lowest BCUT2D eigenvalue weighted by molar-refractivity contribution is 0.564. The summed E-state index contributed by atoms with van der Waals surface area (Å²) in [6.45, 7) is 0. The number of hydrogen-bond acceptors (Lipinski definition) is 4. The maximum atomic E-state index is 12.7. The second-order valence-corrected chi connectivity index (χ2v) is 8.84. The van der Waals surface area contributed by atoms with Crippen LogP contribution in [-0.4, -0.2) is 18.0 Å². The number of nitrogens with zero attached hydrogens (tertiary/aromatic N) is 2. The molecular weight excluding hydrogens is 340 g/mol. The van der Waals surface area contributed by atoms with Gasteiger partial charge in [0.15, 0.2) is 0 Å². The zero-order valence-electron chi connectivity index (χ0n) is 11.6. The Labute approximate surface area is 137 Å². The van der Waals surface area contributed by atoms with Gasteiger partial charge in [-0.05, 0) is 18.9 Å². The maximum Gasteiger partial charge on any atom is 0.228 e. The third kappa shape index (κ3) is 2.35. The molecule has 1 aliphatic rings. The van der Waals surface area contributed by atoms with Gasteiger partial charge < -0.3 is 4.57 Å². The lowest BCUT2D eigenvalue weighted by Gasteiger charge is -2.06. The van der Waals surface area contributed by atoms with Crippen LogP contribution in [0.1, 0.15) is 23.8 Å². The first kappa shape index (κ1) is 14.2. The van der Waals surface area contributed by atoms with E-state index < -0.39 is 9.84 Å². The molecule has 114 valence electrons. The normalized spacial score (nSPS) is 15.5. The second-order valence-electron chi connectivity index (χ2n) is 5.44. The summed E-state index contributed by atoms with van der Waals surface area (Å²) in [5.74, 6) is -0.102. The number of aromatic nitrogens is 2. The fraction of sp³-hybridized carbons (Fsp3) is 0.267. The Kier molecular flexibility index (Phi) is 3.29. The molecule has 0 spiro atoms. The Balaban J connectivity index is 1.74. The highest BCUT2D eigenvalue weighted by Gasteiger charge is 2.31. The number of fused-ring (bicyclic) bond motifs is 1. The molecule has 2 heterocycles. The SMILES string of the molecule is O=S(=O)(Cc1sc2ccccc2c1Cl)c1nccn1C1CC1. The van der Waals surface area contributed by atoms with Gasteiger partial charge in [0.2, 0.25) is 15.0 Å². The van der Waals surface area contributed by atoms with Crippen molar-refractivity contribution < 1.29 is 8.42 Å². The number of halogens is 1. The van der Waals surface area contributed by atoms with Crippen LogP contribution in [0.15, 0.2) is 41.8 Å². The lowest BCUT2D eigenvalue weighted by atomic mass is 10.2. The highest BCUT2D eigenvalue weighted by atomic mass is 35.5. The van der Waals surface area contributed by atoms with Crippen molar-refractivity contribution in [3.05, 3.63) is 46.6 Å². The minimum atomic E-state index is -3.50. The highest BCUT2D eigenvalue weighted by molar-refractivity contribution is 7.90. The van der Waals surface area contributed by atoms with Crippen LogP contribution in [0.3, 0.4) is 0 Å². The van der Waals surface area contributed by atoms with Crippen LogP contribution >= 0.6 is 22.9 Å². The van der Waals surface area contributed by atoms with Crippen molar-refractivity contribution in [2.75, 3.05) is 0 Å². The third-order valence-corrected chi connectivity index (χ3v) is 7.21. The van der Waals surface area contributed by atoms with Gasteiger partial charge in [-0.15, -0.1) is 11.3 Å². The maximum absolute atomic E-state index is 12.7. The fourth-order valence-corrected chi connectivity index (χ4v) is 6.01. The van der Waals surface area contributed by atoms with Crippen LogP contribution in [0.4, 0.5) is 0 Å². The Morgan fingerprint density at radius 2 is 2.09 bits per heavy atom. The molecule has 0 bridgehead atoms. The van der Waals surface area contributed by atoms with Gasteiger partial charge in [-0.2, -0.15) is 0 Å². The molecule has 7 heteroatoms. The van der Waals surface area contributed by atoms with Crippen LogP contribution < -0.4 is 0 Å². The summed E-state index contributed by atoms with van der Waals surface area (Å²) in [6.07, 6.45) is 5.33. The molecule has 2 aromatic heterocycles. The van der Waals surface area contributed by atoms with E-state index in [9.17, 15) is 8.42 Å². The van der Waals surface area contributed by atoms with Crippen molar-refractivity contribution in [3.8, 4) is 0 Å². The summed E-state index contributed by atoms with van der Waals surface area (Å²) in [5, 5.41) is 1.60. The van der Waals surface area contributed by atoms with Crippen molar-refractivity contribution >= 4 is 42.9 Å². The summed E-state index contributed by atoms with van der Waals surface area (Å²) in [7, 11) is -3.50. The average Bonchev–Trinajstić information content (AvgIpc) is 3.13. The molecular formula is C15H13ClN2O2S2. The van der Waals surface area contributed by atoms with Gasteiger partial charge in [-0.3, -0.25) is 0 Å². The van der Waals surface area contributed by atoms with E-state index in [4.69, 9.17) is 11.6 Å². The number of thiophene rings is 1. The average molecular weight is 353 g/mol. The van der Waals surface area contributed by atoms with E-state index in [1.165, 1.54) is 11.3 Å². The van der Waals surface area contributed by atoms with Gasteiger partial charge in [0.05, 0.1) is 10.8 Å². The van der Waals surface area contributed by atoms with Gasteiger partial charge in [-0.25, -0.2) is 13.4 Å². The topological polar surface area (TPSA) is 52.0 Å². The molecule has 0 amide bonds. The standard InChI is InChI=1S/C15H13ClN2O2S2/c16-14-11-3-1-2-4-12(11)21-13(14)9-22(19,20)15-17-7-8-18(15)10-5-6-10/h1-4,7-8,10H,5-6,9H2. The van der Waals surface area contributed by atoms with E-state index in [0.717, 1.165) is 22.9 Å². The van der Waals surface area contributed by atoms with Crippen molar-refractivity contribution in [2.24, 2.45) is 0 Å². The summed E-state index contributed by atoms with van der Waals surface area (Å²) >= 11 is 7.79. The molecule has 1 aromatic carbocycles.